The van der Waals surface area contributed by atoms with E-state index in [4.69, 9.17) is 15.6 Å². The number of hydrogen-bond donors (Lipinski definition) is 8. The normalized spacial score (nSPS) is 16.2. The van der Waals surface area contributed by atoms with Crippen molar-refractivity contribution in [1.82, 2.24) is 26.6 Å². The predicted octanol–water partition coefficient (Wildman–Crippen LogP) is -0.884. The molecule has 16 nitrogen and oxygen atoms in total. The van der Waals surface area contributed by atoms with Gasteiger partial charge in [0.05, 0.1) is 13.7 Å². The van der Waals surface area contributed by atoms with Crippen molar-refractivity contribution in [2.24, 2.45) is 17.6 Å². The lowest BCUT2D eigenvalue weighted by molar-refractivity contribution is -0.146. The number of aliphatic hydroxyl groups is 1. The summed E-state index contributed by atoms with van der Waals surface area (Å²) in [6, 6.07) is 3.02. The fourth-order valence-corrected chi connectivity index (χ4v) is 6.02. The maximum absolute atomic E-state index is 13.7. The number of nitrogens with two attached hydrogens (primary N) is 1. The highest BCUT2D eigenvalue weighted by Crippen LogP contribution is 2.47. The third kappa shape index (κ3) is 13.7. The van der Waals surface area contributed by atoms with Crippen LogP contribution in [0.15, 0.2) is 30.3 Å². The van der Waals surface area contributed by atoms with Gasteiger partial charge in [0.25, 0.3) is 0 Å². The van der Waals surface area contributed by atoms with E-state index in [1.807, 2.05) is 0 Å². The van der Waals surface area contributed by atoms with Crippen molar-refractivity contribution in [3.05, 3.63) is 35.9 Å². The highest BCUT2D eigenvalue weighted by molar-refractivity contribution is 7.58. The lowest BCUT2D eigenvalue weighted by atomic mass is 10.00. The summed E-state index contributed by atoms with van der Waals surface area (Å²) in [6.45, 7) is 8.89. The number of aliphatic hydroxyl groups excluding tert-OH is 1. The molecule has 0 aliphatic rings. The number of amides is 5. The van der Waals surface area contributed by atoms with E-state index in [0.717, 1.165) is 0 Å². The van der Waals surface area contributed by atoms with Crippen LogP contribution in [0.2, 0.25) is 0 Å². The molecule has 0 heterocycles. The van der Waals surface area contributed by atoms with Crippen molar-refractivity contribution in [3.8, 4) is 0 Å². The number of hydrogen-bond acceptors (Lipinski definition) is 10. The zero-order valence-corrected chi connectivity index (χ0v) is 29.4. The monoisotopic (exact) mass is 698 g/mol. The van der Waals surface area contributed by atoms with E-state index in [0.29, 0.717) is 5.56 Å². The van der Waals surface area contributed by atoms with E-state index in [1.54, 1.807) is 58.0 Å². The molecular weight excluding hydrogens is 647 g/mol. The van der Waals surface area contributed by atoms with Gasteiger partial charge in [-0.3, -0.25) is 28.5 Å². The molecule has 7 atom stereocenters. The summed E-state index contributed by atoms with van der Waals surface area (Å²) < 4.78 is 18.4. The van der Waals surface area contributed by atoms with Gasteiger partial charge >= 0.3 is 5.97 Å². The number of nitrogens with one attached hydrogen (secondary N) is 5. The summed E-state index contributed by atoms with van der Waals surface area (Å²) in [5, 5.41) is 21.4. The predicted molar refractivity (Wildman–Crippen MR) is 177 cm³/mol. The Labute approximate surface area is 281 Å². The zero-order chi connectivity index (χ0) is 36.8. The Hall–Kier alpha value is -3.85. The molecule has 0 fully saturated rings. The van der Waals surface area contributed by atoms with Crippen LogP contribution in [0.4, 0.5) is 0 Å². The van der Waals surface area contributed by atoms with Crippen LogP contribution in [0.25, 0.3) is 0 Å². The van der Waals surface area contributed by atoms with Crippen molar-refractivity contribution in [2.75, 3.05) is 19.9 Å². The Morgan fingerprint density at radius 1 is 0.771 bits per heavy atom. The van der Waals surface area contributed by atoms with Gasteiger partial charge in [-0.05, 0) is 31.2 Å². The molecule has 9 N–H and O–H groups in total. The first-order chi connectivity index (χ1) is 22.3. The Morgan fingerprint density at radius 2 is 1.29 bits per heavy atom. The molecule has 0 saturated carbocycles. The molecule has 0 saturated heterocycles. The lowest BCUT2D eigenvalue weighted by Gasteiger charge is -2.28. The first-order valence-electron chi connectivity index (χ1n) is 15.6. The van der Waals surface area contributed by atoms with Gasteiger partial charge in [-0.25, -0.2) is 4.79 Å². The fourth-order valence-electron chi connectivity index (χ4n) is 4.36. The number of carbonyl (C=O) groups is 6. The van der Waals surface area contributed by atoms with Crippen LogP contribution in [-0.2, 0) is 44.5 Å². The van der Waals surface area contributed by atoms with Crippen molar-refractivity contribution in [1.29, 1.82) is 0 Å². The van der Waals surface area contributed by atoms with E-state index in [1.165, 1.54) is 21.0 Å². The van der Waals surface area contributed by atoms with Gasteiger partial charge in [-0.15, -0.1) is 0 Å². The topological polar surface area (TPSA) is 255 Å². The quantitative estimate of drug-likeness (QED) is 0.0650. The molecule has 1 aromatic rings. The summed E-state index contributed by atoms with van der Waals surface area (Å²) in [6.07, 6.45) is -1.08. The Bertz CT molecular complexity index is 1310. The van der Waals surface area contributed by atoms with Crippen LogP contribution in [0.5, 0.6) is 0 Å². The molecule has 1 aromatic carbocycles. The first-order valence-corrected chi connectivity index (χ1v) is 17.6. The SMILES string of the molecule is COC(=O)[C@@H](NC(=O)[C@@H](NC(=O)CCP(=O)(O)[C@H](Cc1ccccc1)NC(=O)[C@H](C)NC(=O)[C@H](C)NC(=O)[C@@H](N)CO)C(C)C)C(C)C. The fraction of sp³-hybridized carbons (Fsp3) is 0.613. The van der Waals surface area contributed by atoms with E-state index < -0.39 is 104 Å². The first kappa shape index (κ1) is 42.2. The van der Waals surface area contributed by atoms with Crippen LogP contribution < -0.4 is 32.3 Å². The highest BCUT2D eigenvalue weighted by atomic mass is 31.2. The maximum atomic E-state index is 13.7. The van der Waals surface area contributed by atoms with Crippen LogP contribution in [0.3, 0.4) is 0 Å². The van der Waals surface area contributed by atoms with Crippen LogP contribution in [0, 0.1) is 11.8 Å². The molecule has 1 unspecified atom stereocenters. The van der Waals surface area contributed by atoms with Crippen LogP contribution >= 0.6 is 7.37 Å². The number of ether oxygens (including phenoxy) is 1. The molecule has 0 aliphatic carbocycles. The molecule has 0 spiro atoms. The highest BCUT2D eigenvalue weighted by Gasteiger charge is 2.36. The van der Waals surface area contributed by atoms with E-state index in [2.05, 4.69) is 26.6 Å². The minimum absolute atomic E-state index is 0.0741. The molecule has 48 heavy (non-hydrogen) atoms. The van der Waals surface area contributed by atoms with Crippen molar-refractivity contribution < 1.29 is 48.1 Å². The molecule has 5 amide bonds. The molecule has 0 radical (unpaired) electrons. The molecule has 0 bridgehead atoms. The standard InChI is InChI=1S/C31H51N6O10P/c1-17(2)25(30(43)37-26(18(3)4)31(44)47-7)35-23(39)13-14-48(45,46)24(15-21-11-9-8-10-12-21)36-28(41)20(6)33-27(40)19(5)34-29(42)22(32)16-38/h8-12,17-20,22,24-26,38H,13-16,32H2,1-7H3,(H,33,40)(H,34,42)(H,35,39)(H,36,41)(H,37,43)(H,45,46)/t19-,20-,22-,24+,25-,26-/m0/s1. The molecular formula is C31H51N6O10P. The number of esters is 1. The largest absolute Gasteiger partial charge is 0.467 e. The van der Waals surface area contributed by atoms with Gasteiger partial charge in [0, 0.05) is 19.0 Å². The number of benzene rings is 1. The molecule has 1 rings (SSSR count). The Kier molecular flexibility index (Phi) is 17.4. The molecule has 0 aromatic heterocycles. The third-order valence-corrected chi connectivity index (χ3v) is 9.60. The number of methoxy groups -OCH3 is 1. The van der Waals surface area contributed by atoms with E-state index in [-0.39, 0.29) is 12.3 Å². The van der Waals surface area contributed by atoms with Gasteiger partial charge in [0.2, 0.25) is 36.9 Å². The number of carbonyl (C=O) groups excluding carboxylic acids is 6. The summed E-state index contributed by atoms with van der Waals surface area (Å²) in [4.78, 5) is 86.8. The van der Waals surface area contributed by atoms with Gasteiger partial charge in [-0.2, -0.15) is 0 Å². The maximum Gasteiger partial charge on any atom is 0.328 e. The zero-order valence-electron chi connectivity index (χ0n) is 28.5. The summed E-state index contributed by atoms with van der Waals surface area (Å²) in [5.74, 6) is -6.31. The molecule has 270 valence electrons. The molecule has 0 aliphatic heterocycles. The van der Waals surface area contributed by atoms with Gasteiger partial charge < -0.3 is 47.1 Å². The minimum Gasteiger partial charge on any atom is -0.467 e. The van der Waals surface area contributed by atoms with Crippen molar-refractivity contribution in [2.45, 2.75) is 90.4 Å². The van der Waals surface area contributed by atoms with Crippen molar-refractivity contribution in [3.63, 3.8) is 0 Å². The van der Waals surface area contributed by atoms with Gasteiger partial charge in [0.15, 0.2) is 0 Å². The van der Waals surface area contributed by atoms with Crippen LogP contribution in [-0.4, -0.2) is 101 Å². The van der Waals surface area contributed by atoms with Crippen LogP contribution in [0.1, 0.15) is 53.5 Å². The van der Waals surface area contributed by atoms with E-state index in [9.17, 15) is 38.2 Å². The second-order valence-corrected chi connectivity index (χ2v) is 14.8. The minimum atomic E-state index is -4.31. The Balaban J connectivity index is 3.02. The summed E-state index contributed by atoms with van der Waals surface area (Å²) in [7, 11) is -3.11. The second-order valence-electron chi connectivity index (χ2n) is 12.2. The molecule has 17 heteroatoms. The lowest BCUT2D eigenvalue weighted by Crippen LogP contribution is -2.55. The summed E-state index contributed by atoms with van der Waals surface area (Å²) in [5.41, 5.74) is 6.06. The average molecular weight is 699 g/mol. The number of rotatable bonds is 19. The summed E-state index contributed by atoms with van der Waals surface area (Å²) >= 11 is 0. The Morgan fingerprint density at radius 3 is 1.79 bits per heavy atom. The average Bonchev–Trinajstić information content (AvgIpc) is 3.03. The second kappa shape index (κ2) is 19.8. The van der Waals surface area contributed by atoms with Crippen molar-refractivity contribution >= 4 is 42.9 Å². The van der Waals surface area contributed by atoms with E-state index >= 15 is 0 Å². The third-order valence-electron chi connectivity index (χ3n) is 7.45. The smallest absolute Gasteiger partial charge is 0.328 e. The van der Waals surface area contributed by atoms with Gasteiger partial charge in [-0.1, -0.05) is 58.0 Å². The van der Waals surface area contributed by atoms with Gasteiger partial charge in [0.1, 0.15) is 36.0 Å².